The predicted octanol–water partition coefficient (Wildman–Crippen LogP) is 3.19. The number of rotatable bonds is 3. The third-order valence-corrected chi connectivity index (χ3v) is 5.39. The normalized spacial score (nSPS) is 22.2. The number of ether oxygens (including phenoxy) is 1. The summed E-state index contributed by atoms with van der Waals surface area (Å²) in [5.41, 5.74) is 1.98. The smallest absolute Gasteiger partial charge is 0.227 e. The number of hydrogen-bond acceptors (Lipinski definition) is 3. The quantitative estimate of drug-likeness (QED) is 0.871. The molecule has 2 aliphatic heterocycles. The Kier molecular flexibility index (Phi) is 4.48. The number of para-hydroxylation sites is 1. The standard InChI is InChI=1S/C20H24N2O2/c23-20(13-15-12-17-4-1-2-5-18(17)21-14-15)22-9-7-16(8-10-22)19-6-3-11-24-19/h1-2,4-5,12,14,16,19H,3,6-11,13H2/t19-/m0/s1. The van der Waals surface area contributed by atoms with Crippen LogP contribution in [0.2, 0.25) is 0 Å². The zero-order valence-electron chi connectivity index (χ0n) is 14.0. The van der Waals surface area contributed by atoms with E-state index in [-0.39, 0.29) is 5.91 Å². The van der Waals surface area contributed by atoms with Gasteiger partial charge in [0.1, 0.15) is 0 Å². The van der Waals surface area contributed by atoms with E-state index in [2.05, 4.69) is 11.1 Å². The van der Waals surface area contributed by atoms with Crippen molar-refractivity contribution in [3.8, 4) is 0 Å². The Labute approximate surface area is 142 Å². The summed E-state index contributed by atoms with van der Waals surface area (Å²) in [5.74, 6) is 0.858. The molecule has 3 heterocycles. The van der Waals surface area contributed by atoms with Gasteiger partial charge in [-0.2, -0.15) is 0 Å². The van der Waals surface area contributed by atoms with Crippen LogP contribution in [0.3, 0.4) is 0 Å². The van der Waals surface area contributed by atoms with Crippen molar-refractivity contribution < 1.29 is 9.53 Å². The lowest BCUT2D eigenvalue weighted by molar-refractivity contribution is -0.132. The van der Waals surface area contributed by atoms with Crippen LogP contribution in [-0.2, 0) is 16.0 Å². The molecule has 4 nitrogen and oxygen atoms in total. The monoisotopic (exact) mass is 324 g/mol. The molecule has 1 aromatic heterocycles. The maximum atomic E-state index is 12.6. The maximum absolute atomic E-state index is 12.6. The molecule has 0 aliphatic carbocycles. The molecule has 2 saturated heterocycles. The molecule has 1 amide bonds. The van der Waals surface area contributed by atoms with Crippen LogP contribution in [-0.4, -0.2) is 41.6 Å². The van der Waals surface area contributed by atoms with Crippen LogP contribution in [0.25, 0.3) is 10.9 Å². The summed E-state index contributed by atoms with van der Waals surface area (Å²) in [5, 5.41) is 1.10. The summed E-state index contributed by atoms with van der Waals surface area (Å²) < 4.78 is 5.81. The first-order valence-electron chi connectivity index (χ1n) is 9.02. The van der Waals surface area contributed by atoms with Gasteiger partial charge in [-0.15, -0.1) is 0 Å². The molecule has 24 heavy (non-hydrogen) atoms. The van der Waals surface area contributed by atoms with E-state index < -0.39 is 0 Å². The fourth-order valence-electron chi connectivity index (χ4n) is 3.99. The van der Waals surface area contributed by atoms with E-state index >= 15 is 0 Å². The van der Waals surface area contributed by atoms with E-state index in [1.807, 2.05) is 35.4 Å². The molecule has 0 radical (unpaired) electrons. The summed E-state index contributed by atoms with van der Waals surface area (Å²) in [7, 11) is 0. The van der Waals surface area contributed by atoms with Gasteiger partial charge >= 0.3 is 0 Å². The van der Waals surface area contributed by atoms with E-state index in [0.717, 1.165) is 49.0 Å². The van der Waals surface area contributed by atoms with Crippen molar-refractivity contribution in [1.29, 1.82) is 0 Å². The third kappa shape index (κ3) is 3.29. The molecule has 2 fully saturated rings. The molecule has 0 unspecified atom stereocenters. The van der Waals surface area contributed by atoms with E-state index in [1.165, 1.54) is 12.8 Å². The second-order valence-electron chi connectivity index (χ2n) is 6.98. The van der Waals surface area contributed by atoms with Crippen LogP contribution in [0.5, 0.6) is 0 Å². The van der Waals surface area contributed by atoms with Gasteiger partial charge in [0.25, 0.3) is 0 Å². The summed E-state index contributed by atoms with van der Waals surface area (Å²) in [6.07, 6.45) is 7.26. The number of aromatic nitrogens is 1. The SMILES string of the molecule is O=C(Cc1cnc2ccccc2c1)N1CCC([C@@H]2CCCO2)CC1. The molecule has 0 N–H and O–H groups in total. The Morgan fingerprint density at radius 2 is 2.04 bits per heavy atom. The average Bonchev–Trinajstić information content (AvgIpc) is 3.16. The van der Waals surface area contributed by atoms with Crippen LogP contribution in [0.1, 0.15) is 31.2 Å². The number of amides is 1. The molecule has 0 bridgehead atoms. The number of piperidine rings is 1. The van der Waals surface area contributed by atoms with E-state index in [9.17, 15) is 4.79 Å². The first-order valence-corrected chi connectivity index (χ1v) is 9.02. The Balaban J connectivity index is 1.35. The largest absolute Gasteiger partial charge is 0.378 e. The fraction of sp³-hybridized carbons (Fsp3) is 0.500. The average molecular weight is 324 g/mol. The Bertz CT molecular complexity index is 716. The van der Waals surface area contributed by atoms with Crippen molar-refractivity contribution in [2.75, 3.05) is 19.7 Å². The third-order valence-electron chi connectivity index (χ3n) is 5.39. The highest BCUT2D eigenvalue weighted by molar-refractivity contribution is 5.82. The first kappa shape index (κ1) is 15.6. The minimum absolute atomic E-state index is 0.220. The van der Waals surface area contributed by atoms with Gasteiger partial charge < -0.3 is 9.64 Å². The lowest BCUT2D eigenvalue weighted by Gasteiger charge is -2.34. The first-order chi connectivity index (χ1) is 11.8. The Hall–Kier alpha value is -1.94. The number of likely N-dealkylation sites (tertiary alicyclic amines) is 1. The highest BCUT2D eigenvalue weighted by Gasteiger charge is 2.30. The number of fused-ring (bicyclic) bond motifs is 1. The highest BCUT2D eigenvalue weighted by atomic mass is 16.5. The van der Waals surface area contributed by atoms with Gasteiger partial charge in [-0.05, 0) is 49.3 Å². The molecule has 1 aromatic carbocycles. The molecular formula is C20H24N2O2. The summed E-state index contributed by atoms with van der Waals surface area (Å²) in [4.78, 5) is 19.1. The van der Waals surface area contributed by atoms with Crippen LogP contribution >= 0.6 is 0 Å². The molecular weight excluding hydrogens is 300 g/mol. The predicted molar refractivity (Wildman–Crippen MR) is 93.7 cm³/mol. The van der Waals surface area contributed by atoms with E-state index in [4.69, 9.17) is 4.74 Å². The van der Waals surface area contributed by atoms with Gasteiger partial charge in [-0.25, -0.2) is 0 Å². The van der Waals surface area contributed by atoms with Crippen molar-refractivity contribution in [2.24, 2.45) is 5.92 Å². The molecule has 4 heteroatoms. The van der Waals surface area contributed by atoms with Crippen LogP contribution in [0.4, 0.5) is 0 Å². The van der Waals surface area contributed by atoms with Crippen LogP contribution in [0, 0.1) is 5.92 Å². The summed E-state index contributed by atoms with van der Waals surface area (Å²) >= 11 is 0. The van der Waals surface area contributed by atoms with Gasteiger partial charge in [0.15, 0.2) is 0 Å². The van der Waals surface area contributed by atoms with Gasteiger partial charge in [-0.1, -0.05) is 18.2 Å². The van der Waals surface area contributed by atoms with Crippen molar-refractivity contribution >= 4 is 16.8 Å². The molecule has 1 atom stereocenters. The number of hydrogen-bond donors (Lipinski definition) is 0. The number of benzene rings is 1. The van der Waals surface area contributed by atoms with Crippen LogP contribution < -0.4 is 0 Å². The lowest BCUT2D eigenvalue weighted by Crippen LogP contribution is -2.41. The van der Waals surface area contributed by atoms with Crippen molar-refractivity contribution in [2.45, 2.75) is 38.2 Å². The second kappa shape index (κ2) is 6.89. The number of carbonyl (C=O) groups is 1. The lowest BCUT2D eigenvalue weighted by atomic mass is 9.89. The number of carbonyl (C=O) groups excluding carboxylic acids is 1. The Morgan fingerprint density at radius 3 is 2.83 bits per heavy atom. The summed E-state index contributed by atoms with van der Waals surface area (Å²) in [6, 6.07) is 10.1. The minimum atomic E-state index is 0.220. The molecule has 0 spiro atoms. The topological polar surface area (TPSA) is 42.4 Å². The molecule has 0 saturated carbocycles. The van der Waals surface area contributed by atoms with E-state index in [1.54, 1.807) is 0 Å². The number of nitrogens with zero attached hydrogens (tertiary/aromatic N) is 2. The van der Waals surface area contributed by atoms with Crippen LogP contribution in [0.15, 0.2) is 36.5 Å². The van der Waals surface area contributed by atoms with E-state index in [0.29, 0.717) is 18.4 Å². The maximum Gasteiger partial charge on any atom is 0.227 e. The summed E-state index contributed by atoms with van der Waals surface area (Å²) in [6.45, 7) is 2.65. The second-order valence-corrected chi connectivity index (χ2v) is 6.98. The van der Waals surface area contributed by atoms with Crippen molar-refractivity contribution in [1.82, 2.24) is 9.88 Å². The fourth-order valence-corrected chi connectivity index (χ4v) is 3.99. The zero-order chi connectivity index (χ0) is 16.4. The van der Waals surface area contributed by atoms with Gasteiger partial charge in [-0.3, -0.25) is 9.78 Å². The molecule has 126 valence electrons. The van der Waals surface area contributed by atoms with Crippen molar-refractivity contribution in [3.05, 3.63) is 42.1 Å². The van der Waals surface area contributed by atoms with Gasteiger partial charge in [0, 0.05) is 31.3 Å². The zero-order valence-corrected chi connectivity index (χ0v) is 14.0. The molecule has 4 rings (SSSR count). The van der Waals surface area contributed by atoms with Crippen molar-refractivity contribution in [3.63, 3.8) is 0 Å². The Morgan fingerprint density at radius 1 is 1.21 bits per heavy atom. The molecule has 2 aromatic rings. The highest BCUT2D eigenvalue weighted by Crippen LogP contribution is 2.29. The van der Waals surface area contributed by atoms with Gasteiger partial charge in [0.2, 0.25) is 5.91 Å². The minimum Gasteiger partial charge on any atom is -0.378 e. The molecule has 2 aliphatic rings. The number of pyridine rings is 1. The van der Waals surface area contributed by atoms with Gasteiger partial charge in [0.05, 0.1) is 18.0 Å².